The normalized spacial score (nSPS) is 34.8. The Kier molecular flexibility index (Phi) is 3.19. The number of methoxy groups -OCH3 is 1. The summed E-state index contributed by atoms with van der Waals surface area (Å²) in [5, 5.41) is 0. The summed E-state index contributed by atoms with van der Waals surface area (Å²) in [6.45, 7) is 5.32. The van der Waals surface area contributed by atoms with E-state index < -0.39 is 0 Å². The molecule has 0 radical (unpaired) electrons. The van der Waals surface area contributed by atoms with Crippen molar-refractivity contribution in [3.8, 4) is 0 Å². The van der Waals surface area contributed by atoms with Crippen LogP contribution in [0.15, 0.2) is 0 Å². The summed E-state index contributed by atoms with van der Waals surface area (Å²) < 4.78 is 10.7. The van der Waals surface area contributed by atoms with Crippen LogP contribution in [0, 0.1) is 5.92 Å². The number of rotatable bonds is 3. The average Bonchev–Trinajstić information content (AvgIpc) is 2.61. The lowest BCUT2D eigenvalue weighted by Crippen LogP contribution is -2.42. The van der Waals surface area contributed by atoms with Crippen LogP contribution in [-0.4, -0.2) is 51.0 Å². The highest BCUT2D eigenvalue weighted by molar-refractivity contribution is 4.84. The van der Waals surface area contributed by atoms with Crippen molar-refractivity contribution in [1.29, 1.82) is 0 Å². The summed E-state index contributed by atoms with van der Waals surface area (Å²) in [4.78, 5) is 2.50. The third kappa shape index (κ3) is 2.22. The van der Waals surface area contributed by atoms with Crippen LogP contribution in [0.2, 0.25) is 0 Å². The van der Waals surface area contributed by atoms with Gasteiger partial charge in [0.05, 0.1) is 12.7 Å². The maximum absolute atomic E-state index is 5.65. The van der Waals surface area contributed by atoms with Crippen LogP contribution >= 0.6 is 0 Å². The van der Waals surface area contributed by atoms with E-state index in [0.717, 1.165) is 25.7 Å². The Morgan fingerprint density at radius 3 is 3.23 bits per heavy atom. The van der Waals surface area contributed by atoms with E-state index in [2.05, 4.69) is 4.90 Å². The maximum Gasteiger partial charge on any atom is 0.0628 e. The predicted octanol–water partition coefficient (Wildman–Crippen LogP) is 0.744. The monoisotopic (exact) mass is 185 g/mol. The second kappa shape index (κ2) is 4.40. The third-order valence-electron chi connectivity index (χ3n) is 3.18. The Bertz CT molecular complexity index is 163. The standard InChI is InChI=1S/C10H19NO2/c1-12-7-5-11-4-2-10-9(8-11)3-6-13-10/h9-10H,2-8H2,1H3. The minimum Gasteiger partial charge on any atom is -0.383 e. The average molecular weight is 185 g/mol. The molecule has 2 aliphatic rings. The molecule has 13 heavy (non-hydrogen) atoms. The Hall–Kier alpha value is -0.120. The van der Waals surface area contributed by atoms with Crippen molar-refractivity contribution < 1.29 is 9.47 Å². The molecule has 3 nitrogen and oxygen atoms in total. The van der Waals surface area contributed by atoms with Gasteiger partial charge in [-0.2, -0.15) is 0 Å². The van der Waals surface area contributed by atoms with Gasteiger partial charge in [0, 0.05) is 39.3 Å². The molecule has 0 aromatic rings. The molecule has 2 saturated heterocycles. The molecule has 0 aliphatic carbocycles. The molecule has 2 aliphatic heterocycles. The van der Waals surface area contributed by atoms with E-state index in [4.69, 9.17) is 9.47 Å². The molecule has 0 N–H and O–H groups in total. The van der Waals surface area contributed by atoms with Crippen LogP contribution in [0.25, 0.3) is 0 Å². The Labute approximate surface area is 80.0 Å². The highest BCUT2D eigenvalue weighted by Crippen LogP contribution is 2.28. The first kappa shape index (κ1) is 9.44. The first-order valence-electron chi connectivity index (χ1n) is 5.23. The van der Waals surface area contributed by atoms with Gasteiger partial charge < -0.3 is 14.4 Å². The van der Waals surface area contributed by atoms with Gasteiger partial charge in [0.2, 0.25) is 0 Å². The van der Waals surface area contributed by atoms with E-state index in [-0.39, 0.29) is 0 Å². The molecule has 2 fully saturated rings. The maximum atomic E-state index is 5.65. The van der Waals surface area contributed by atoms with Crippen LogP contribution in [0.1, 0.15) is 12.8 Å². The molecular weight excluding hydrogens is 166 g/mol. The minimum absolute atomic E-state index is 0.568. The van der Waals surface area contributed by atoms with Crippen molar-refractivity contribution in [2.24, 2.45) is 5.92 Å². The number of nitrogens with zero attached hydrogens (tertiary/aromatic N) is 1. The van der Waals surface area contributed by atoms with Gasteiger partial charge >= 0.3 is 0 Å². The quantitative estimate of drug-likeness (QED) is 0.647. The summed E-state index contributed by atoms with van der Waals surface area (Å²) in [5.41, 5.74) is 0. The van der Waals surface area contributed by atoms with E-state index in [0.29, 0.717) is 6.10 Å². The van der Waals surface area contributed by atoms with Gasteiger partial charge in [-0.3, -0.25) is 0 Å². The summed E-state index contributed by atoms with van der Waals surface area (Å²) >= 11 is 0. The van der Waals surface area contributed by atoms with Crippen molar-refractivity contribution in [2.75, 3.05) is 40.0 Å². The second-order valence-electron chi connectivity index (χ2n) is 4.04. The molecule has 3 heteroatoms. The van der Waals surface area contributed by atoms with Crippen molar-refractivity contribution in [2.45, 2.75) is 18.9 Å². The fraction of sp³-hybridized carbons (Fsp3) is 1.00. The SMILES string of the molecule is COCCN1CCC2OCCC2C1. The largest absolute Gasteiger partial charge is 0.383 e. The first-order chi connectivity index (χ1) is 6.40. The van der Waals surface area contributed by atoms with Crippen LogP contribution in [0.4, 0.5) is 0 Å². The zero-order valence-electron chi connectivity index (χ0n) is 8.37. The number of hydrogen-bond donors (Lipinski definition) is 0. The Morgan fingerprint density at radius 2 is 2.38 bits per heavy atom. The number of ether oxygens (including phenoxy) is 2. The zero-order valence-corrected chi connectivity index (χ0v) is 8.37. The fourth-order valence-electron chi connectivity index (χ4n) is 2.38. The molecule has 0 saturated carbocycles. The molecule has 0 aromatic carbocycles. The van der Waals surface area contributed by atoms with Gasteiger partial charge in [-0.1, -0.05) is 0 Å². The van der Waals surface area contributed by atoms with E-state index in [1.165, 1.54) is 25.9 Å². The van der Waals surface area contributed by atoms with Crippen molar-refractivity contribution in [1.82, 2.24) is 4.90 Å². The lowest BCUT2D eigenvalue weighted by molar-refractivity contribution is 0.0273. The molecule has 0 bridgehead atoms. The summed E-state index contributed by atoms with van der Waals surface area (Å²) in [6, 6.07) is 0. The summed E-state index contributed by atoms with van der Waals surface area (Å²) in [6.07, 6.45) is 3.04. The van der Waals surface area contributed by atoms with Gasteiger partial charge in [0.25, 0.3) is 0 Å². The third-order valence-corrected chi connectivity index (χ3v) is 3.18. The van der Waals surface area contributed by atoms with Gasteiger partial charge in [-0.05, 0) is 12.8 Å². The molecule has 2 unspecified atom stereocenters. The lowest BCUT2D eigenvalue weighted by atomic mass is 9.94. The van der Waals surface area contributed by atoms with Gasteiger partial charge in [0.15, 0.2) is 0 Å². The second-order valence-corrected chi connectivity index (χ2v) is 4.04. The Morgan fingerprint density at radius 1 is 1.46 bits per heavy atom. The molecule has 0 aromatic heterocycles. The van der Waals surface area contributed by atoms with E-state index in [9.17, 15) is 0 Å². The lowest BCUT2D eigenvalue weighted by Gasteiger charge is -2.33. The van der Waals surface area contributed by atoms with Crippen LogP contribution in [0.5, 0.6) is 0 Å². The molecular formula is C10H19NO2. The first-order valence-corrected chi connectivity index (χ1v) is 5.23. The highest BCUT2D eigenvalue weighted by atomic mass is 16.5. The van der Waals surface area contributed by atoms with Crippen LogP contribution in [0.3, 0.4) is 0 Å². The van der Waals surface area contributed by atoms with Crippen molar-refractivity contribution in [3.63, 3.8) is 0 Å². The topological polar surface area (TPSA) is 21.7 Å². The van der Waals surface area contributed by atoms with E-state index in [1.807, 2.05) is 0 Å². The van der Waals surface area contributed by atoms with Crippen molar-refractivity contribution >= 4 is 0 Å². The van der Waals surface area contributed by atoms with Crippen molar-refractivity contribution in [3.05, 3.63) is 0 Å². The van der Waals surface area contributed by atoms with E-state index >= 15 is 0 Å². The number of likely N-dealkylation sites (tertiary alicyclic amines) is 1. The molecule has 0 spiro atoms. The predicted molar refractivity (Wildman–Crippen MR) is 50.8 cm³/mol. The smallest absolute Gasteiger partial charge is 0.0628 e. The summed E-state index contributed by atoms with van der Waals surface area (Å²) in [7, 11) is 1.77. The molecule has 76 valence electrons. The highest BCUT2D eigenvalue weighted by Gasteiger charge is 2.33. The molecule has 2 atom stereocenters. The summed E-state index contributed by atoms with van der Waals surface area (Å²) in [5.74, 6) is 0.797. The fourth-order valence-corrected chi connectivity index (χ4v) is 2.38. The molecule has 2 heterocycles. The number of piperidine rings is 1. The number of fused-ring (bicyclic) bond motifs is 1. The minimum atomic E-state index is 0.568. The van der Waals surface area contributed by atoms with Gasteiger partial charge in [-0.25, -0.2) is 0 Å². The van der Waals surface area contributed by atoms with E-state index in [1.54, 1.807) is 7.11 Å². The molecule has 2 rings (SSSR count). The van der Waals surface area contributed by atoms with Gasteiger partial charge in [0.1, 0.15) is 0 Å². The Balaban J connectivity index is 1.76. The van der Waals surface area contributed by atoms with Gasteiger partial charge in [-0.15, -0.1) is 0 Å². The van der Waals surface area contributed by atoms with Crippen LogP contribution in [-0.2, 0) is 9.47 Å². The number of hydrogen-bond acceptors (Lipinski definition) is 3. The molecule has 0 amide bonds. The van der Waals surface area contributed by atoms with Crippen LogP contribution < -0.4 is 0 Å². The zero-order chi connectivity index (χ0) is 9.10.